The third-order valence-electron chi connectivity index (χ3n) is 11.2. The van der Waals surface area contributed by atoms with Gasteiger partial charge in [-0.25, -0.2) is 15.0 Å². The highest BCUT2D eigenvalue weighted by Gasteiger charge is 2.46. The molecule has 4 heteroatoms. The Kier molecular flexibility index (Phi) is 7.58. The monoisotopic (exact) mass is 731 g/mol. The average Bonchev–Trinajstić information content (AvgIpc) is 3.80. The SMILES string of the molecule is c1ccc(-c2nc(-c3ccc4sc5ccccc5c4c3)nc(-c3cc4c(cc3-c3ccccc3)C(c3ccccc3)(c3ccccc3)c3ccccc3-4)n2)cc1. The van der Waals surface area contributed by atoms with Gasteiger partial charge < -0.3 is 0 Å². The van der Waals surface area contributed by atoms with Crippen molar-refractivity contribution in [3.05, 3.63) is 222 Å². The molecular weight excluding hydrogens is 699 g/mol. The zero-order chi connectivity index (χ0) is 37.1. The molecule has 0 N–H and O–H groups in total. The maximum atomic E-state index is 5.37. The predicted molar refractivity (Wildman–Crippen MR) is 232 cm³/mol. The van der Waals surface area contributed by atoms with Crippen LogP contribution in [0.5, 0.6) is 0 Å². The van der Waals surface area contributed by atoms with Crippen molar-refractivity contribution in [2.75, 3.05) is 0 Å². The highest BCUT2D eigenvalue weighted by Crippen LogP contribution is 2.58. The Morgan fingerprint density at radius 2 is 0.875 bits per heavy atom. The Balaban J connectivity index is 1.22. The van der Waals surface area contributed by atoms with E-state index in [0.717, 1.165) is 27.8 Å². The van der Waals surface area contributed by atoms with Gasteiger partial charge in [0.1, 0.15) is 0 Å². The molecule has 10 aromatic rings. The van der Waals surface area contributed by atoms with Crippen LogP contribution in [0.15, 0.2) is 200 Å². The lowest BCUT2D eigenvalue weighted by Gasteiger charge is -2.34. The molecule has 0 unspecified atom stereocenters. The minimum atomic E-state index is -0.533. The van der Waals surface area contributed by atoms with Crippen LogP contribution in [0.1, 0.15) is 22.3 Å². The summed E-state index contributed by atoms with van der Waals surface area (Å²) < 4.78 is 2.52. The molecule has 11 rings (SSSR count). The molecule has 56 heavy (non-hydrogen) atoms. The van der Waals surface area contributed by atoms with E-state index in [-0.39, 0.29) is 0 Å². The summed E-state index contributed by atoms with van der Waals surface area (Å²) >= 11 is 1.81. The van der Waals surface area contributed by atoms with Crippen molar-refractivity contribution >= 4 is 31.5 Å². The maximum Gasteiger partial charge on any atom is 0.164 e. The van der Waals surface area contributed by atoms with Crippen molar-refractivity contribution in [3.8, 4) is 56.4 Å². The van der Waals surface area contributed by atoms with Gasteiger partial charge in [-0.1, -0.05) is 164 Å². The third kappa shape index (κ3) is 5.07. The molecule has 262 valence electrons. The van der Waals surface area contributed by atoms with Gasteiger partial charge in [0.15, 0.2) is 17.5 Å². The van der Waals surface area contributed by atoms with E-state index in [1.54, 1.807) is 0 Å². The molecular formula is C52H33N3S. The summed E-state index contributed by atoms with van der Waals surface area (Å²) in [5.74, 6) is 1.93. The predicted octanol–water partition coefficient (Wildman–Crippen LogP) is 13.3. The van der Waals surface area contributed by atoms with Crippen LogP contribution in [0.2, 0.25) is 0 Å². The van der Waals surface area contributed by atoms with Crippen LogP contribution in [0.3, 0.4) is 0 Å². The van der Waals surface area contributed by atoms with Gasteiger partial charge in [-0.05, 0) is 80.9 Å². The Hall–Kier alpha value is -7.01. The van der Waals surface area contributed by atoms with Crippen molar-refractivity contribution in [1.82, 2.24) is 15.0 Å². The zero-order valence-corrected chi connectivity index (χ0v) is 31.1. The third-order valence-corrected chi connectivity index (χ3v) is 12.4. The number of thiophene rings is 1. The topological polar surface area (TPSA) is 38.7 Å². The van der Waals surface area contributed by atoms with E-state index in [4.69, 9.17) is 15.0 Å². The minimum absolute atomic E-state index is 0.533. The highest BCUT2D eigenvalue weighted by molar-refractivity contribution is 7.25. The van der Waals surface area contributed by atoms with E-state index in [0.29, 0.717) is 17.5 Å². The maximum absolute atomic E-state index is 5.37. The second kappa shape index (κ2) is 13.1. The number of fused-ring (bicyclic) bond motifs is 6. The molecule has 0 fully saturated rings. The van der Waals surface area contributed by atoms with E-state index < -0.39 is 5.41 Å². The second-order valence-electron chi connectivity index (χ2n) is 14.3. The lowest BCUT2D eigenvalue weighted by molar-refractivity contribution is 0.769. The minimum Gasteiger partial charge on any atom is -0.208 e. The second-order valence-corrected chi connectivity index (χ2v) is 15.4. The molecule has 2 heterocycles. The van der Waals surface area contributed by atoms with Gasteiger partial charge in [0.25, 0.3) is 0 Å². The van der Waals surface area contributed by atoms with Crippen molar-refractivity contribution in [3.63, 3.8) is 0 Å². The number of rotatable bonds is 6. The molecule has 1 aliphatic carbocycles. The van der Waals surface area contributed by atoms with Crippen LogP contribution in [-0.2, 0) is 5.41 Å². The summed E-state index contributed by atoms with van der Waals surface area (Å²) in [4.78, 5) is 15.8. The molecule has 3 nitrogen and oxygen atoms in total. The van der Waals surface area contributed by atoms with Crippen molar-refractivity contribution in [1.29, 1.82) is 0 Å². The fraction of sp³-hybridized carbons (Fsp3) is 0.0192. The largest absolute Gasteiger partial charge is 0.208 e. The van der Waals surface area contributed by atoms with E-state index >= 15 is 0 Å². The van der Waals surface area contributed by atoms with Crippen LogP contribution in [-0.4, -0.2) is 15.0 Å². The summed E-state index contributed by atoms with van der Waals surface area (Å²) in [6.45, 7) is 0. The Morgan fingerprint density at radius 1 is 0.321 bits per heavy atom. The van der Waals surface area contributed by atoms with Crippen LogP contribution in [0.4, 0.5) is 0 Å². The fourth-order valence-corrected chi connectivity index (χ4v) is 9.82. The summed E-state index contributed by atoms with van der Waals surface area (Å²) in [5, 5.41) is 2.46. The molecule has 0 amide bonds. The van der Waals surface area contributed by atoms with Crippen molar-refractivity contribution in [2.24, 2.45) is 0 Å². The van der Waals surface area contributed by atoms with Crippen molar-refractivity contribution in [2.45, 2.75) is 5.41 Å². The molecule has 2 aromatic heterocycles. The van der Waals surface area contributed by atoms with E-state index in [2.05, 4.69) is 182 Å². The first-order valence-electron chi connectivity index (χ1n) is 18.9. The van der Waals surface area contributed by atoms with Crippen LogP contribution >= 0.6 is 11.3 Å². The van der Waals surface area contributed by atoms with Gasteiger partial charge in [-0.2, -0.15) is 0 Å². The summed E-state index contributed by atoms with van der Waals surface area (Å²) in [6.07, 6.45) is 0. The number of aromatic nitrogens is 3. The first-order chi connectivity index (χ1) is 27.8. The van der Waals surface area contributed by atoms with Crippen LogP contribution in [0, 0.1) is 0 Å². The van der Waals surface area contributed by atoms with Gasteiger partial charge in [-0.3, -0.25) is 0 Å². The standard InChI is InChI=1S/C52H33N3S/c1-5-17-34(18-6-1)41-33-46-42(39-25-13-15-27-45(39)52(46,37-21-9-3-10-22-37)38-23-11-4-12-24-38)32-44(41)51-54-49(35-19-7-2-8-20-35)53-50(55-51)36-29-30-48-43(31-36)40-26-14-16-28-47(40)56-48/h1-33H. The Labute approximate surface area is 329 Å². The van der Waals surface area contributed by atoms with Gasteiger partial charge in [0.2, 0.25) is 0 Å². The lowest BCUT2D eigenvalue weighted by atomic mass is 9.67. The lowest BCUT2D eigenvalue weighted by Crippen LogP contribution is -2.28. The zero-order valence-electron chi connectivity index (χ0n) is 30.3. The normalized spacial score (nSPS) is 12.8. The molecule has 0 aliphatic heterocycles. The average molecular weight is 732 g/mol. The highest BCUT2D eigenvalue weighted by atomic mass is 32.1. The molecule has 0 atom stereocenters. The van der Waals surface area contributed by atoms with Crippen LogP contribution in [0.25, 0.3) is 76.6 Å². The van der Waals surface area contributed by atoms with Gasteiger partial charge in [0, 0.05) is 36.9 Å². The quantitative estimate of drug-likeness (QED) is 0.171. The summed E-state index contributed by atoms with van der Waals surface area (Å²) in [7, 11) is 0. The number of nitrogens with zero attached hydrogens (tertiary/aromatic N) is 3. The van der Waals surface area contributed by atoms with E-state index in [1.807, 2.05) is 29.5 Å². The molecule has 8 aromatic carbocycles. The Bertz CT molecular complexity index is 3030. The molecule has 0 spiro atoms. The molecule has 1 aliphatic rings. The van der Waals surface area contributed by atoms with E-state index in [9.17, 15) is 0 Å². The number of benzene rings is 8. The summed E-state index contributed by atoms with van der Waals surface area (Å²) in [5.41, 5.74) is 11.9. The van der Waals surface area contributed by atoms with Gasteiger partial charge in [0.05, 0.1) is 5.41 Å². The first kappa shape index (κ1) is 32.4. The molecule has 0 radical (unpaired) electrons. The van der Waals surface area contributed by atoms with E-state index in [1.165, 1.54) is 53.6 Å². The van der Waals surface area contributed by atoms with Gasteiger partial charge in [-0.15, -0.1) is 11.3 Å². The molecule has 0 saturated heterocycles. The first-order valence-corrected chi connectivity index (χ1v) is 19.8. The molecule has 0 saturated carbocycles. The smallest absolute Gasteiger partial charge is 0.164 e. The summed E-state index contributed by atoms with van der Waals surface area (Å²) in [6, 6.07) is 71.7. The Morgan fingerprint density at radius 3 is 1.59 bits per heavy atom. The van der Waals surface area contributed by atoms with Crippen LogP contribution < -0.4 is 0 Å². The number of hydrogen-bond acceptors (Lipinski definition) is 4. The fourth-order valence-electron chi connectivity index (χ4n) is 8.74. The number of hydrogen-bond donors (Lipinski definition) is 0. The van der Waals surface area contributed by atoms with Gasteiger partial charge >= 0.3 is 0 Å². The molecule has 0 bridgehead atoms. The van der Waals surface area contributed by atoms with Crippen molar-refractivity contribution < 1.29 is 0 Å².